The molecule has 0 rings (SSSR count). The maximum Gasteiger partial charge on any atom is 0.340 e. The van der Waals surface area contributed by atoms with Gasteiger partial charge in [-0.2, -0.15) is 8.78 Å². The average molecular weight is 344 g/mol. The van der Waals surface area contributed by atoms with E-state index >= 15 is 0 Å². The molecular formula is C15H24F4O4. The second kappa shape index (κ2) is 11.2. The fourth-order valence-corrected chi connectivity index (χ4v) is 1.71. The van der Waals surface area contributed by atoms with Crippen molar-refractivity contribution in [3.63, 3.8) is 0 Å². The van der Waals surface area contributed by atoms with Crippen LogP contribution in [0.4, 0.5) is 17.6 Å². The fourth-order valence-electron chi connectivity index (χ4n) is 1.71. The number of rotatable bonds is 12. The Balaban J connectivity index is 3.80. The molecule has 0 amide bonds. The van der Waals surface area contributed by atoms with Gasteiger partial charge in [-0.1, -0.05) is 19.8 Å². The monoisotopic (exact) mass is 344 g/mol. The molecule has 1 unspecified atom stereocenters. The molecule has 0 bridgehead atoms. The Bertz CT molecular complexity index is 361. The summed E-state index contributed by atoms with van der Waals surface area (Å²) in [7, 11) is 0. The molecule has 0 saturated carbocycles. The van der Waals surface area contributed by atoms with E-state index in [9.17, 15) is 27.2 Å². The molecule has 0 heterocycles. The summed E-state index contributed by atoms with van der Waals surface area (Å²) in [6.07, 6.45) is -0.591. The molecule has 0 aromatic rings. The van der Waals surface area contributed by atoms with Crippen LogP contribution in [0.25, 0.3) is 0 Å². The van der Waals surface area contributed by atoms with Gasteiger partial charge in [-0.25, -0.2) is 8.78 Å². The molecule has 0 aliphatic rings. The van der Waals surface area contributed by atoms with Crippen molar-refractivity contribution in [3.8, 4) is 0 Å². The third-order valence-electron chi connectivity index (χ3n) is 3.05. The normalized spacial score (nSPS) is 13.0. The van der Waals surface area contributed by atoms with Crippen LogP contribution in [-0.4, -0.2) is 37.0 Å². The Morgan fingerprint density at radius 1 is 1.04 bits per heavy atom. The lowest BCUT2D eigenvalue weighted by Gasteiger charge is -2.15. The molecule has 23 heavy (non-hydrogen) atoms. The van der Waals surface area contributed by atoms with Gasteiger partial charge in [-0.15, -0.1) is 0 Å². The van der Waals surface area contributed by atoms with Crippen molar-refractivity contribution < 1.29 is 36.6 Å². The van der Waals surface area contributed by atoms with Crippen LogP contribution < -0.4 is 0 Å². The van der Waals surface area contributed by atoms with Gasteiger partial charge in [-0.3, -0.25) is 9.59 Å². The summed E-state index contributed by atoms with van der Waals surface area (Å²) in [5.74, 6) is -5.89. The van der Waals surface area contributed by atoms with Crippen LogP contribution >= 0.6 is 0 Å². The molecule has 4 nitrogen and oxygen atoms in total. The zero-order valence-electron chi connectivity index (χ0n) is 13.5. The summed E-state index contributed by atoms with van der Waals surface area (Å²) in [4.78, 5) is 22.6. The van der Waals surface area contributed by atoms with Crippen molar-refractivity contribution in [1.82, 2.24) is 0 Å². The topological polar surface area (TPSA) is 52.6 Å². The van der Waals surface area contributed by atoms with Crippen molar-refractivity contribution in [2.75, 3.05) is 6.61 Å². The first kappa shape index (κ1) is 21.7. The van der Waals surface area contributed by atoms with Crippen molar-refractivity contribution in [3.05, 3.63) is 0 Å². The molecule has 1 atom stereocenters. The van der Waals surface area contributed by atoms with Crippen molar-refractivity contribution in [2.24, 2.45) is 0 Å². The lowest BCUT2D eigenvalue weighted by Crippen LogP contribution is -2.33. The third-order valence-corrected chi connectivity index (χ3v) is 3.05. The number of hydrogen-bond acceptors (Lipinski definition) is 4. The van der Waals surface area contributed by atoms with Crippen molar-refractivity contribution >= 4 is 11.9 Å². The summed E-state index contributed by atoms with van der Waals surface area (Å²) in [5.41, 5.74) is 0. The number of hydrogen-bond donors (Lipinski definition) is 0. The van der Waals surface area contributed by atoms with Crippen LogP contribution in [0.3, 0.4) is 0 Å². The van der Waals surface area contributed by atoms with Gasteiger partial charge in [-0.05, 0) is 26.2 Å². The van der Waals surface area contributed by atoms with E-state index in [-0.39, 0.29) is 25.4 Å². The zero-order valence-corrected chi connectivity index (χ0v) is 13.5. The van der Waals surface area contributed by atoms with Crippen LogP contribution in [0.15, 0.2) is 0 Å². The summed E-state index contributed by atoms with van der Waals surface area (Å²) >= 11 is 0. The Morgan fingerprint density at radius 3 is 2.22 bits per heavy atom. The summed E-state index contributed by atoms with van der Waals surface area (Å²) < 4.78 is 57.9. The zero-order chi connectivity index (χ0) is 17.9. The van der Waals surface area contributed by atoms with E-state index in [4.69, 9.17) is 4.74 Å². The molecule has 8 heteroatoms. The van der Waals surface area contributed by atoms with Crippen molar-refractivity contribution in [1.29, 1.82) is 0 Å². The highest BCUT2D eigenvalue weighted by Gasteiger charge is 2.42. The quantitative estimate of drug-likeness (QED) is 0.304. The van der Waals surface area contributed by atoms with Gasteiger partial charge in [0.25, 0.3) is 0 Å². The molecule has 0 fully saturated rings. The maximum atomic E-state index is 12.5. The Kier molecular flexibility index (Phi) is 10.6. The van der Waals surface area contributed by atoms with E-state index in [1.807, 2.05) is 0 Å². The molecular weight excluding hydrogens is 320 g/mol. The van der Waals surface area contributed by atoms with Gasteiger partial charge in [0.2, 0.25) is 0 Å². The minimum absolute atomic E-state index is 0.0552. The lowest BCUT2D eigenvalue weighted by molar-refractivity contribution is -0.179. The maximum absolute atomic E-state index is 12.5. The van der Waals surface area contributed by atoms with E-state index in [1.165, 1.54) is 0 Å². The standard InChI is InChI=1S/C15H24F4O4/c1-3-4-5-7-11(2)23-13(21)9-6-8-12(20)22-10-15(18,19)14(16)17/h11,14H,3-10H2,1-2H3. The SMILES string of the molecule is CCCCCC(C)OC(=O)CCCC(=O)OCC(F)(F)C(F)F. The first-order valence-corrected chi connectivity index (χ1v) is 7.70. The lowest BCUT2D eigenvalue weighted by atomic mass is 10.1. The van der Waals surface area contributed by atoms with Gasteiger partial charge in [0.1, 0.15) is 0 Å². The molecule has 0 saturated heterocycles. The van der Waals surface area contributed by atoms with E-state index in [0.717, 1.165) is 25.7 Å². The fraction of sp³-hybridized carbons (Fsp3) is 0.867. The molecule has 0 aromatic carbocycles. The van der Waals surface area contributed by atoms with Crippen LogP contribution in [0.5, 0.6) is 0 Å². The third kappa shape index (κ3) is 10.9. The van der Waals surface area contributed by atoms with Crippen molar-refractivity contribution in [2.45, 2.75) is 77.2 Å². The van der Waals surface area contributed by atoms with Gasteiger partial charge < -0.3 is 9.47 Å². The average Bonchev–Trinajstić information content (AvgIpc) is 2.45. The number of carbonyl (C=O) groups is 2. The number of esters is 2. The highest BCUT2D eigenvalue weighted by molar-refractivity contribution is 5.72. The number of carbonyl (C=O) groups excluding carboxylic acids is 2. The summed E-state index contributed by atoms with van der Waals surface area (Å²) in [6, 6.07) is 0. The molecule has 0 spiro atoms. The largest absolute Gasteiger partial charge is 0.463 e. The number of alkyl halides is 4. The van der Waals surface area contributed by atoms with Crippen LogP contribution in [0.1, 0.15) is 58.8 Å². The molecule has 0 aliphatic heterocycles. The molecule has 0 radical (unpaired) electrons. The van der Waals surface area contributed by atoms with Gasteiger partial charge in [0.05, 0.1) is 6.10 Å². The van der Waals surface area contributed by atoms with E-state index in [2.05, 4.69) is 11.7 Å². The van der Waals surface area contributed by atoms with Crippen LogP contribution in [-0.2, 0) is 19.1 Å². The van der Waals surface area contributed by atoms with Crippen LogP contribution in [0.2, 0.25) is 0 Å². The first-order chi connectivity index (χ1) is 10.7. The summed E-state index contributed by atoms with van der Waals surface area (Å²) in [6.45, 7) is 2.17. The summed E-state index contributed by atoms with van der Waals surface area (Å²) in [5, 5.41) is 0. The second-order valence-corrected chi connectivity index (χ2v) is 5.37. The van der Waals surface area contributed by atoms with Crippen LogP contribution in [0, 0.1) is 0 Å². The predicted molar refractivity (Wildman–Crippen MR) is 75.5 cm³/mol. The Labute approximate surface area is 133 Å². The smallest absolute Gasteiger partial charge is 0.340 e. The van der Waals surface area contributed by atoms with E-state index in [1.54, 1.807) is 6.92 Å². The minimum atomic E-state index is -4.36. The highest BCUT2D eigenvalue weighted by Crippen LogP contribution is 2.23. The second-order valence-electron chi connectivity index (χ2n) is 5.37. The molecule has 0 aliphatic carbocycles. The predicted octanol–water partition coefficient (Wildman–Crippen LogP) is 4.11. The van der Waals surface area contributed by atoms with E-state index < -0.39 is 30.9 Å². The van der Waals surface area contributed by atoms with Gasteiger partial charge in [0, 0.05) is 12.8 Å². The number of ether oxygens (including phenoxy) is 2. The Hall–Kier alpha value is -1.34. The first-order valence-electron chi connectivity index (χ1n) is 7.70. The van der Waals surface area contributed by atoms with E-state index in [0.29, 0.717) is 0 Å². The highest BCUT2D eigenvalue weighted by atomic mass is 19.3. The Morgan fingerprint density at radius 2 is 1.65 bits per heavy atom. The molecule has 0 aromatic heterocycles. The molecule has 0 N–H and O–H groups in total. The van der Waals surface area contributed by atoms with Gasteiger partial charge in [0.15, 0.2) is 6.61 Å². The number of unbranched alkanes of at least 4 members (excludes halogenated alkanes) is 2. The molecule has 136 valence electrons. The number of halogens is 4. The van der Waals surface area contributed by atoms with Gasteiger partial charge >= 0.3 is 24.3 Å². The minimum Gasteiger partial charge on any atom is -0.463 e.